The number of carbonyl (C=O) groups excluding carboxylic acids is 1. The van der Waals surface area contributed by atoms with Crippen LogP contribution >= 0.6 is 11.6 Å². The van der Waals surface area contributed by atoms with Gasteiger partial charge < -0.3 is 19.6 Å². The number of amides is 1. The maximum atomic E-state index is 12.9. The van der Waals surface area contributed by atoms with Crippen LogP contribution in [-0.4, -0.2) is 44.1 Å². The third kappa shape index (κ3) is 5.04. The fourth-order valence-corrected chi connectivity index (χ4v) is 5.57. The van der Waals surface area contributed by atoms with Crippen LogP contribution in [0.15, 0.2) is 91.1 Å². The number of non-ortho nitro benzene ring substituents is 1. The number of halogens is 1. The van der Waals surface area contributed by atoms with Gasteiger partial charge in [0.25, 0.3) is 5.69 Å². The molecule has 2 N–H and O–H groups in total. The number of rotatable bonds is 8. The second-order valence-corrected chi connectivity index (χ2v) is 10.3. The van der Waals surface area contributed by atoms with Crippen molar-refractivity contribution in [3.63, 3.8) is 0 Å². The molecule has 1 unspecified atom stereocenters. The van der Waals surface area contributed by atoms with Crippen LogP contribution in [0, 0.1) is 10.1 Å². The average Bonchev–Trinajstić information content (AvgIpc) is 3.51. The monoisotopic (exact) mass is 582 g/mol. The second kappa shape index (κ2) is 11.0. The van der Waals surface area contributed by atoms with E-state index in [0.717, 1.165) is 22.3 Å². The molecule has 0 saturated carbocycles. The number of fused-ring (bicyclic) bond motifs is 4. The van der Waals surface area contributed by atoms with E-state index in [9.17, 15) is 24.8 Å². The number of nitrogens with zero attached hydrogens (tertiary/aromatic N) is 3. The molecule has 0 spiro atoms. The molecule has 0 aliphatic heterocycles. The summed E-state index contributed by atoms with van der Waals surface area (Å²) in [6, 6.07) is 23.6. The summed E-state index contributed by atoms with van der Waals surface area (Å²) in [6.45, 7) is 0.0332. The molecule has 0 fully saturated rings. The molecule has 3 aromatic carbocycles. The van der Waals surface area contributed by atoms with E-state index in [4.69, 9.17) is 16.3 Å². The highest BCUT2D eigenvalue weighted by Crippen LogP contribution is 2.44. The summed E-state index contributed by atoms with van der Waals surface area (Å²) in [5.74, 6) is -1.45. The summed E-state index contributed by atoms with van der Waals surface area (Å²) in [5.41, 5.74) is 6.04. The second-order valence-electron chi connectivity index (χ2n) is 9.85. The van der Waals surface area contributed by atoms with Gasteiger partial charge in [-0.25, -0.2) is 14.6 Å². The van der Waals surface area contributed by atoms with E-state index in [0.29, 0.717) is 27.6 Å². The number of carboxylic acids is 1. The molecule has 2 aromatic heterocycles. The molecule has 1 atom stereocenters. The van der Waals surface area contributed by atoms with Gasteiger partial charge in [-0.1, -0.05) is 60.1 Å². The number of nitrogens with one attached hydrogen (secondary N) is 1. The first-order valence-electron chi connectivity index (χ1n) is 13.1. The minimum absolute atomic E-state index is 0.0332. The van der Waals surface area contributed by atoms with E-state index in [1.54, 1.807) is 34.9 Å². The first-order valence-corrected chi connectivity index (χ1v) is 13.4. The number of hydrogen-bond acceptors (Lipinski definition) is 6. The molecule has 210 valence electrons. The predicted molar refractivity (Wildman–Crippen MR) is 156 cm³/mol. The summed E-state index contributed by atoms with van der Waals surface area (Å²) >= 11 is 6.23. The minimum atomic E-state index is -1.36. The van der Waals surface area contributed by atoms with Gasteiger partial charge in [-0.05, 0) is 46.5 Å². The van der Waals surface area contributed by atoms with E-state index in [2.05, 4.69) is 10.3 Å². The molecule has 11 heteroatoms. The fourth-order valence-electron chi connectivity index (χ4n) is 5.41. The summed E-state index contributed by atoms with van der Waals surface area (Å²) in [4.78, 5) is 40.5. The molecule has 10 nitrogen and oxygen atoms in total. The number of aromatic nitrogens is 2. The Balaban J connectivity index is 1.24. The molecule has 1 amide bonds. The quantitative estimate of drug-likeness (QED) is 0.167. The van der Waals surface area contributed by atoms with Crippen molar-refractivity contribution in [1.29, 1.82) is 0 Å². The summed E-state index contributed by atoms with van der Waals surface area (Å²) in [5, 5.41) is 24.1. The number of nitro groups is 1. The Morgan fingerprint density at radius 1 is 1.00 bits per heavy atom. The molecular formula is C31H23ClN4O6. The maximum absolute atomic E-state index is 12.9. The zero-order valence-electron chi connectivity index (χ0n) is 21.9. The van der Waals surface area contributed by atoms with Crippen molar-refractivity contribution in [2.45, 2.75) is 18.4 Å². The van der Waals surface area contributed by atoms with Gasteiger partial charge in [0.15, 0.2) is 0 Å². The molecule has 0 bridgehead atoms. The number of carbonyl (C=O) groups is 2. The lowest BCUT2D eigenvalue weighted by molar-refractivity contribution is -0.384. The predicted octanol–water partition coefficient (Wildman–Crippen LogP) is 6.10. The lowest BCUT2D eigenvalue weighted by Crippen LogP contribution is -2.43. The molecule has 1 aliphatic carbocycles. The first kappa shape index (κ1) is 27.0. The third-order valence-corrected chi connectivity index (χ3v) is 7.59. The van der Waals surface area contributed by atoms with Crippen LogP contribution in [-0.2, 0) is 16.0 Å². The van der Waals surface area contributed by atoms with Crippen molar-refractivity contribution < 1.29 is 24.4 Å². The van der Waals surface area contributed by atoms with Crippen LogP contribution in [0.2, 0.25) is 5.02 Å². The number of ether oxygens (including phenoxy) is 1. The van der Waals surface area contributed by atoms with Gasteiger partial charge in [-0.15, -0.1) is 0 Å². The Morgan fingerprint density at radius 3 is 2.26 bits per heavy atom. The Kier molecular flexibility index (Phi) is 7.05. The van der Waals surface area contributed by atoms with Crippen LogP contribution < -0.4 is 5.32 Å². The van der Waals surface area contributed by atoms with Crippen molar-refractivity contribution in [2.24, 2.45) is 0 Å². The topological polar surface area (TPSA) is 136 Å². The van der Waals surface area contributed by atoms with Gasteiger partial charge >= 0.3 is 12.1 Å². The van der Waals surface area contributed by atoms with Gasteiger partial charge in [0.2, 0.25) is 0 Å². The van der Waals surface area contributed by atoms with Crippen molar-refractivity contribution in [3.05, 3.63) is 123 Å². The average molecular weight is 583 g/mol. The van der Waals surface area contributed by atoms with Crippen molar-refractivity contribution in [3.8, 4) is 22.4 Å². The fraction of sp³-hybridized carbons (Fsp3) is 0.129. The van der Waals surface area contributed by atoms with Crippen LogP contribution in [0.4, 0.5) is 10.5 Å². The van der Waals surface area contributed by atoms with E-state index in [1.807, 2.05) is 48.5 Å². The van der Waals surface area contributed by atoms with Gasteiger partial charge in [0.05, 0.1) is 21.3 Å². The number of carboxylic acid groups (broad SMARTS) is 1. The van der Waals surface area contributed by atoms with Crippen molar-refractivity contribution >= 4 is 35.0 Å². The van der Waals surface area contributed by atoms with Crippen LogP contribution in [0.5, 0.6) is 0 Å². The lowest BCUT2D eigenvalue weighted by atomic mass is 9.98. The summed E-state index contributed by atoms with van der Waals surface area (Å²) < 4.78 is 7.22. The van der Waals surface area contributed by atoms with Crippen LogP contribution in [0.1, 0.15) is 22.7 Å². The molecule has 0 radical (unpaired) electrons. The Morgan fingerprint density at radius 2 is 1.64 bits per heavy atom. The minimum Gasteiger partial charge on any atom is -0.480 e. The molecule has 5 aromatic rings. The first-order chi connectivity index (χ1) is 20.3. The van der Waals surface area contributed by atoms with E-state index >= 15 is 0 Å². The lowest BCUT2D eigenvalue weighted by Gasteiger charge is -2.18. The zero-order valence-corrected chi connectivity index (χ0v) is 22.7. The molecule has 2 heterocycles. The van der Waals surface area contributed by atoms with Crippen molar-refractivity contribution in [1.82, 2.24) is 14.7 Å². The number of nitro benzene ring substituents is 1. The van der Waals surface area contributed by atoms with Gasteiger partial charge in [-0.2, -0.15) is 0 Å². The Labute approximate surface area is 244 Å². The summed E-state index contributed by atoms with van der Waals surface area (Å²) in [6.07, 6.45) is 0.571. The smallest absolute Gasteiger partial charge is 0.407 e. The number of benzene rings is 3. The van der Waals surface area contributed by atoms with E-state index in [1.165, 1.54) is 12.1 Å². The van der Waals surface area contributed by atoms with Crippen LogP contribution in [0.3, 0.4) is 0 Å². The van der Waals surface area contributed by atoms with E-state index in [-0.39, 0.29) is 24.6 Å². The maximum Gasteiger partial charge on any atom is 0.407 e. The third-order valence-electron chi connectivity index (χ3n) is 7.36. The van der Waals surface area contributed by atoms with Gasteiger partial charge in [0, 0.05) is 36.2 Å². The van der Waals surface area contributed by atoms with Crippen molar-refractivity contribution in [2.75, 3.05) is 6.61 Å². The number of imidazole rings is 1. The molecule has 1 aliphatic rings. The highest BCUT2D eigenvalue weighted by molar-refractivity contribution is 6.30. The van der Waals surface area contributed by atoms with Gasteiger partial charge in [-0.3, -0.25) is 10.1 Å². The Bertz CT molecular complexity index is 1810. The molecule has 6 rings (SSSR count). The molecular weight excluding hydrogens is 560 g/mol. The normalized spacial score (nSPS) is 12.9. The zero-order chi connectivity index (χ0) is 29.4. The number of aliphatic carboxylic acids is 1. The SMILES string of the molecule is O=C(NC(Cc1c(-c2ccc([N+](=O)[O-])cc2)nc2ccc(Cl)cn12)C(=O)O)OCC1c2ccccc2-c2ccccc21. The number of pyridine rings is 1. The summed E-state index contributed by atoms with van der Waals surface area (Å²) in [7, 11) is 0. The number of hydrogen-bond donors (Lipinski definition) is 2. The number of alkyl carbamates (subject to hydrolysis) is 1. The molecule has 0 saturated heterocycles. The standard InChI is InChI=1S/C31H23ClN4O6/c32-19-11-14-28-34-29(18-9-12-20(13-10-18)36(40)41)27(35(28)16-19)15-26(30(37)38)33-31(39)42-17-25-23-7-3-1-5-21(23)22-6-2-4-8-24(22)25/h1-14,16,25-26H,15,17H2,(H,33,39)(H,37,38). The molecule has 42 heavy (non-hydrogen) atoms. The van der Waals surface area contributed by atoms with Gasteiger partial charge in [0.1, 0.15) is 18.3 Å². The Hall–Kier alpha value is -5.22. The largest absolute Gasteiger partial charge is 0.480 e. The van der Waals surface area contributed by atoms with Crippen LogP contribution in [0.25, 0.3) is 28.0 Å². The highest BCUT2D eigenvalue weighted by atomic mass is 35.5. The van der Waals surface area contributed by atoms with E-state index < -0.39 is 23.0 Å². The highest BCUT2D eigenvalue weighted by Gasteiger charge is 2.30.